The molecular weight excluding hydrogens is 486 g/mol. The van der Waals surface area contributed by atoms with Gasteiger partial charge in [-0.2, -0.15) is 5.10 Å². The zero-order valence-electron chi connectivity index (χ0n) is 22.9. The summed E-state index contributed by atoms with van der Waals surface area (Å²) in [4.78, 5) is 2.57. The van der Waals surface area contributed by atoms with Crippen LogP contribution in [0.5, 0.6) is 17.2 Å². The first-order chi connectivity index (χ1) is 19.1. The smallest absolute Gasteiger partial charge is 0.123 e. The average Bonchev–Trinajstić information content (AvgIpc) is 3.00. The van der Waals surface area contributed by atoms with Crippen LogP contribution in [0.2, 0.25) is 0 Å². The Labute approximate surface area is 230 Å². The lowest BCUT2D eigenvalue weighted by Gasteiger charge is -2.39. The summed E-state index contributed by atoms with van der Waals surface area (Å²) in [7, 11) is 5.08. The molecule has 0 saturated carbocycles. The number of methoxy groups -OCH3 is 3. The highest BCUT2D eigenvalue weighted by atomic mass is 16.5. The Kier molecular flexibility index (Phi) is 7.12. The first kappa shape index (κ1) is 25.3. The summed E-state index contributed by atoms with van der Waals surface area (Å²) in [5.41, 5.74) is 5.64. The van der Waals surface area contributed by atoms with Gasteiger partial charge in [0.15, 0.2) is 0 Å². The fraction of sp³-hybridized carbons (Fsp3) is 0.303. The first-order valence-corrected chi connectivity index (χ1v) is 13.6. The predicted molar refractivity (Wildman–Crippen MR) is 156 cm³/mol. The lowest BCUT2D eigenvalue weighted by Crippen LogP contribution is -2.44. The molecule has 6 heteroatoms. The van der Waals surface area contributed by atoms with Crippen LogP contribution in [0.1, 0.15) is 35.1 Å². The molecule has 0 aromatic heterocycles. The van der Waals surface area contributed by atoms with Gasteiger partial charge < -0.3 is 14.2 Å². The van der Waals surface area contributed by atoms with Gasteiger partial charge in [0.05, 0.1) is 33.6 Å². The SMILES string of the molecule is COc1cc(OC)cc(C2=NN(C3CCN(Cc4ccc5ccccc5c4)CC3)Cc3cc(OC)ccc32)c1. The number of rotatable bonds is 7. The van der Waals surface area contributed by atoms with Crippen LogP contribution in [0.3, 0.4) is 0 Å². The monoisotopic (exact) mass is 521 g/mol. The van der Waals surface area contributed by atoms with Crippen molar-refractivity contribution in [3.05, 3.63) is 101 Å². The number of piperidine rings is 1. The summed E-state index contributed by atoms with van der Waals surface area (Å²) < 4.78 is 16.7. The second kappa shape index (κ2) is 11.0. The van der Waals surface area contributed by atoms with Crippen molar-refractivity contribution in [3.8, 4) is 17.2 Å². The van der Waals surface area contributed by atoms with E-state index in [2.05, 4.69) is 64.5 Å². The third kappa shape index (κ3) is 5.30. The quantitative estimate of drug-likeness (QED) is 0.294. The summed E-state index contributed by atoms with van der Waals surface area (Å²) in [6.45, 7) is 3.86. The third-order valence-corrected chi connectivity index (χ3v) is 7.95. The molecule has 0 aliphatic carbocycles. The third-order valence-electron chi connectivity index (χ3n) is 7.95. The van der Waals surface area contributed by atoms with Gasteiger partial charge in [-0.05, 0) is 71.1 Å². The van der Waals surface area contributed by atoms with E-state index in [-0.39, 0.29) is 0 Å². The van der Waals surface area contributed by atoms with Crippen molar-refractivity contribution in [1.82, 2.24) is 9.91 Å². The van der Waals surface area contributed by atoms with Gasteiger partial charge in [0.2, 0.25) is 0 Å². The molecule has 0 spiro atoms. The van der Waals surface area contributed by atoms with Crippen molar-refractivity contribution in [1.29, 1.82) is 0 Å². The lowest BCUT2D eigenvalue weighted by molar-refractivity contribution is 0.100. The number of hydrogen-bond acceptors (Lipinski definition) is 6. The highest BCUT2D eigenvalue weighted by molar-refractivity contribution is 6.14. The lowest BCUT2D eigenvalue weighted by atomic mass is 9.94. The number of hydrogen-bond donors (Lipinski definition) is 0. The molecule has 1 fully saturated rings. The Hall–Kier alpha value is -4.03. The molecule has 0 radical (unpaired) electrons. The van der Waals surface area contributed by atoms with Crippen molar-refractivity contribution in [2.45, 2.75) is 32.0 Å². The van der Waals surface area contributed by atoms with Gasteiger partial charge in [-0.15, -0.1) is 0 Å². The van der Waals surface area contributed by atoms with Crippen LogP contribution < -0.4 is 14.2 Å². The second-order valence-corrected chi connectivity index (χ2v) is 10.4. The van der Waals surface area contributed by atoms with E-state index in [0.717, 1.165) is 73.1 Å². The van der Waals surface area contributed by atoms with Gasteiger partial charge in [0.25, 0.3) is 0 Å². The maximum Gasteiger partial charge on any atom is 0.123 e. The van der Waals surface area contributed by atoms with Gasteiger partial charge in [0, 0.05) is 42.9 Å². The molecule has 2 heterocycles. The maximum atomic E-state index is 5.57. The minimum absolute atomic E-state index is 0.375. The van der Waals surface area contributed by atoms with Crippen molar-refractivity contribution >= 4 is 16.5 Å². The molecule has 4 aromatic carbocycles. The molecule has 0 N–H and O–H groups in total. The highest BCUT2D eigenvalue weighted by Gasteiger charge is 2.29. The van der Waals surface area contributed by atoms with Crippen molar-refractivity contribution in [2.75, 3.05) is 34.4 Å². The van der Waals surface area contributed by atoms with Crippen molar-refractivity contribution in [2.24, 2.45) is 5.10 Å². The number of nitrogens with zero attached hydrogens (tertiary/aromatic N) is 3. The molecule has 6 nitrogen and oxygen atoms in total. The Morgan fingerprint density at radius 1 is 0.744 bits per heavy atom. The van der Waals surface area contributed by atoms with Crippen molar-refractivity contribution < 1.29 is 14.2 Å². The first-order valence-electron chi connectivity index (χ1n) is 13.6. The van der Waals surface area contributed by atoms with Gasteiger partial charge in [-0.3, -0.25) is 9.91 Å². The summed E-state index contributed by atoms with van der Waals surface area (Å²) >= 11 is 0. The Morgan fingerprint density at radius 3 is 2.18 bits per heavy atom. The van der Waals surface area contributed by atoms with Gasteiger partial charge >= 0.3 is 0 Å². The van der Waals surface area contributed by atoms with Crippen LogP contribution in [0, 0.1) is 0 Å². The molecular formula is C33H35N3O3. The number of hydrazone groups is 1. The zero-order valence-corrected chi connectivity index (χ0v) is 22.9. The Balaban J connectivity index is 1.23. The molecule has 6 rings (SSSR count). The number of benzene rings is 4. The van der Waals surface area contributed by atoms with Crippen LogP contribution in [-0.4, -0.2) is 56.1 Å². The van der Waals surface area contributed by atoms with Crippen LogP contribution >= 0.6 is 0 Å². The predicted octanol–water partition coefficient (Wildman–Crippen LogP) is 6.10. The molecule has 0 atom stereocenters. The molecule has 0 amide bonds. The van der Waals surface area contributed by atoms with Crippen LogP contribution in [0.4, 0.5) is 0 Å². The largest absolute Gasteiger partial charge is 0.497 e. The molecule has 200 valence electrons. The van der Waals surface area contributed by atoms with Crippen molar-refractivity contribution in [3.63, 3.8) is 0 Å². The van der Waals surface area contributed by atoms with Crippen LogP contribution in [0.15, 0.2) is 84.0 Å². The van der Waals surface area contributed by atoms with Crippen LogP contribution in [-0.2, 0) is 13.1 Å². The molecule has 1 saturated heterocycles. The Morgan fingerprint density at radius 2 is 1.46 bits per heavy atom. The minimum Gasteiger partial charge on any atom is -0.497 e. The summed E-state index contributed by atoms with van der Waals surface area (Å²) in [6, 6.07) is 28.0. The summed E-state index contributed by atoms with van der Waals surface area (Å²) in [5.74, 6) is 2.37. The van der Waals surface area contributed by atoms with Gasteiger partial charge in [-0.25, -0.2) is 0 Å². The van der Waals surface area contributed by atoms with E-state index >= 15 is 0 Å². The van der Waals surface area contributed by atoms with Gasteiger partial charge in [-0.1, -0.05) is 36.4 Å². The summed E-state index contributed by atoms with van der Waals surface area (Å²) in [5, 5.41) is 10.1. The molecule has 39 heavy (non-hydrogen) atoms. The Bertz CT molecular complexity index is 1490. The topological polar surface area (TPSA) is 46.5 Å². The fourth-order valence-corrected chi connectivity index (χ4v) is 5.79. The zero-order chi connectivity index (χ0) is 26.8. The molecule has 0 bridgehead atoms. The number of fused-ring (bicyclic) bond motifs is 2. The van der Waals surface area contributed by atoms with E-state index in [0.29, 0.717) is 6.04 Å². The average molecular weight is 522 g/mol. The molecule has 2 aliphatic heterocycles. The van der Waals surface area contributed by atoms with E-state index in [1.807, 2.05) is 24.3 Å². The standard InChI is InChI=1S/C33H35N3O3/c1-37-29-10-11-32-27(19-29)22-36(34-33(32)26-17-30(38-2)20-31(18-26)39-3)28-12-14-35(15-13-28)21-23-8-9-24-6-4-5-7-25(24)16-23/h4-11,16-20,28H,12-15,21-22H2,1-3H3. The fourth-order valence-electron chi connectivity index (χ4n) is 5.79. The normalized spacial score (nSPS) is 16.1. The number of ether oxygens (including phenoxy) is 3. The number of likely N-dealkylation sites (tertiary alicyclic amines) is 1. The second-order valence-electron chi connectivity index (χ2n) is 10.4. The highest BCUT2D eigenvalue weighted by Crippen LogP contribution is 2.32. The minimum atomic E-state index is 0.375. The van der Waals surface area contributed by atoms with E-state index < -0.39 is 0 Å². The van der Waals surface area contributed by atoms with E-state index in [1.54, 1.807) is 21.3 Å². The molecule has 2 aliphatic rings. The van der Waals surface area contributed by atoms with E-state index in [4.69, 9.17) is 19.3 Å². The maximum absolute atomic E-state index is 5.57. The molecule has 4 aromatic rings. The van der Waals surface area contributed by atoms with Gasteiger partial charge in [0.1, 0.15) is 17.2 Å². The summed E-state index contributed by atoms with van der Waals surface area (Å²) in [6.07, 6.45) is 2.15. The van der Waals surface area contributed by atoms with E-state index in [1.165, 1.54) is 21.9 Å². The van der Waals surface area contributed by atoms with E-state index in [9.17, 15) is 0 Å². The van der Waals surface area contributed by atoms with Crippen LogP contribution in [0.25, 0.3) is 10.8 Å². The molecule has 0 unspecified atom stereocenters.